The van der Waals surface area contributed by atoms with Crippen molar-refractivity contribution in [2.45, 2.75) is 58.4 Å². The molecule has 26 heavy (non-hydrogen) atoms. The van der Waals surface area contributed by atoms with Gasteiger partial charge in [0.15, 0.2) is 0 Å². The highest BCUT2D eigenvalue weighted by Gasteiger charge is 2.73. The first-order valence-electron chi connectivity index (χ1n) is 9.80. The highest BCUT2D eigenvalue weighted by Crippen LogP contribution is 2.70. The van der Waals surface area contributed by atoms with E-state index in [2.05, 4.69) is 38.1 Å². The molecular weight excluding hydrogens is 346 g/mol. The predicted molar refractivity (Wildman–Crippen MR) is 100 cm³/mol. The average molecular weight is 374 g/mol. The van der Waals surface area contributed by atoms with E-state index in [1.165, 1.54) is 9.87 Å². The van der Waals surface area contributed by atoms with Crippen LogP contribution in [0.2, 0.25) is 0 Å². The Balaban J connectivity index is 1.44. The summed E-state index contributed by atoms with van der Waals surface area (Å²) in [5, 5.41) is 0. The number of aryl methyl sites for hydroxylation is 1. The Labute approximate surface area is 156 Å². The number of nitrogens with zero attached hydrogens (tertiary/aromatic N) is 1. The van der Waals surface area contributed by atoms with Crippen molar-refractivity contribution in [3.05, 3.63) is 35.4 Å². The molecule has 140 valence electrons. The van der Waals surface area contributed by atoms with Crippen LogP contribution in [0.1, 0.15) is 56.6 Å². The zero-order valence-corrected chi connectivity index (χ0v) is 16.6. The predicted octanol–water partition coefficient (Wildman–Crippen LogP) is 3.47. The zero-order valence-electron chi connectivity index (χ0n) is 15.7. The van der Waals surface area contributed by atoms with Crippen molar-refractivity contribution >= 4 is 15.9 Å². The van der Waals surface area contributed by atoms with Gasteiger partial charge in [0.2, 0.25) is 15.9 Å². The minimum atomic E-state index is -3.49. The van der Waals surface area contributed by atoms with E-state index in [0.717, 1.165) is 31.2 Å². The third kappa shape index (κ3) is 1.96. The van der Waals surface area contributed by atoms with Gasteiger partial charge in [0.05, 0.1) is 11.8 Å². The monoisotopic (exact) mass is 373 g/mol. The first-order valence-corrected chi connectivity index (χ1v) is 11.4. The van der Waals surface area contributed by atoms with Crippen LogP contribution < -0.4 is 0 Å². The fraction of sp³-hybridized carbons (Fsp3) is 0.667. The maximum atomic E-state index is 13.2. The SMILES string of the molecule is Cc1ccc([C@@H]2C[C@H]2C(=O)N2[C@@H]3C[C@@H]4CC[C@@]3(CS2(=O)=O)C4(C)C)cc1. The Kier molecular flexibility index (Phi) is 3.18. The van der Waals surface area contributed by atoms with Gasteiger partial charge in [-0.15, -0.1) is 0 Å². The van der Waals surface area contributed by atoms with Gasteiger partial charge in [-0.1, -0.05) is 43.7 Å². The quantitative estimate of drug-likeness (QED) is 0.798. The Morgan fingerprint density at radius 3 is 2.50 bits per heavy atom. The summed E-state index contributed by atoms with van der Waals surface area (Å²) in [5.41, 5.74) is 2.15. The molecule has 0 radical (unpaired) electrons. The van der Waals surface area contributed by atoms with Crippen molar-refractivity contribution in [3.63, 3.8) is 0 Å². The fourth-order valence-electron chi connectivity index (χ4n) is 6.39. The molecule has 0 aromatic heterocycles. The van der Waals surface area contributed by atoms with Gasteiger partial charge in [-0.05, 0) is 55.4 Å². The number of fused-ring (bicyclic) bond motifs is 1. The van der Waals surface area contributed by atoms with E-state index in [0.29, 0.717) is 5.92 Å². The molecule has 5 rings (SSSR count). The molecular formula is C21H27NO3S. The lowest BCUT2D eigenvalue weighted by atomic mass is 9.69. The molecule has 5 atom stereocenters. The van der Waals surface area contributed by atoms with Crippen LogP contribution in [0.15, 0.2) is 24.3 Å². The van der Waals surface area contributed by atoms with Gasteiger partial charge in [-0.25, -0.2) is 12.7 Å². The Morgan fingerprint density at radius 2 is 1.85 bits per heavy atom. The molecule has 2 bridgehead atoms. The molecule has 1 amide bonds. The second kappa shape index (κ2) is 4.92. The molecule has 4 aliphatic rings. The third-order valence-corrected chi connectivity index (χ3v) is 10.2. The lowest BCUT2D eigenvalue weighted by Gasteiger charge is -2.37. The van der Waals surface area contributed by atoms with Crippen LogP contribution >= 0.6 is 0 Å². The molecule has 1 saturated heterocycles. The van der Waals surface area contributed by atoms with E-state index in [1.54, 1.807) is 0 Å². The van der Waals surface area contributed by atoms with Gasteiger partial charge < -0.3 is 0 Å². The summed E-state index contributed by atoms with van der Waals surface area (Å²) in [5.74, 6) is 0.597. The van der Waals surface area contributed by atoms with Gasteiger partial charge in [0.25, 0.3) is 0 Å². The third-order valence-electron chi connectivity index (χ3n) is 8.24. The Morgan fingerprint density at radius 1 is 1.15 bits per heavy atom. The molecule has 1 heterocycles. The van der Waals surface area contributed by atoms with Crippen LogP contribution in [0.3, 0.4) is 0 Å². The number of benzene rings is 1. The number of carbonyl (C=O) groups is 1. The van der Waals surface area contributed by atoms with Crippen LogP contribution in [0.5, 0.6) is 0 Å². The molecule has 3 aliphatic carbocycles. The van der Waals surface area contributed by atoms with Gasteiger partial charge in [0.1, 0.15) is 0 Å². The smallest absolute Gasteiger partial charge is 0.240 e. The van der Waals surface area contributed by atoms with Crippen LogP contribution in [-0.4, -0.2) is 30.4 Å². The largest absolute Gasteiger partial charge is 0.273 e. The van der Waals surface area contributed by atoms with Crippen LogP contribution in [0, 0.1) is 29.6 Å². The van der Waals surface area contributed by atoms with E-state index < -0.39 is 10.0 Å². The van der Waals surface area contributed by atoms with E-state index in [-0.39, 0.29) is 40.4 Å². The maximum Gasteiger partial charge on any atom is 0.240 e. The molecule has 4 nitrogen and oxygen atoms in total. The van der Waals surface area contributed by atoms with E-state index in [4.69, 9.17) is 0 Å². The highest BCUT2D eigenvalue weighted by atomic mass is 32.2. The summed E-state index contributed by atoms with van der Waals surface area (Å²) in [6.45, 7) is 6.49. The summed E-state index contributed by atoms with van der Waals surface area (Å²) in [6.07, 6.45) is 3.70. The summed E-state index contributed by atoms with van der Waals surface area (Å²) in [6, 6.07) is 8.18. The average Bonchev–Trinajstić information content (AvgIpc) is 3.22. The number of rotatable bonds is 2. The summed E-state index contributed by atoms with van der Waals surface area (Å²) >= 11 is 0. The Bertz CT molecular complexity index is 888. The fourth-order valence-corrected chi connectivity index (χ4v) is 8.98. The van der Waals surface area contributed by atoms with E-state index in [1.807, 2.05) is 6.92 Å². The number of hydrogen-bond acceptors (Lipinski definition) is 3. The first-order chi connectivity index (χ1) is 12.2. The molecule has 1 aromatic rings. The van der Waals surface area contributed by atoms with Gasteiger partial charge >= 0.3 is 0 Å². The van der Waals surface area contributed by atoms with E-state index >= 15 is 0 Å². The second-order valence-corrected chi connectivity index (χ2v) is 11.5. The van der Waals surface area contributed by atoms with Crippen molar-refractivity contribution < 1.29 is 13.2 Å². The van der Waals surface area contributed by atoms with Crippen molar-refractivity contribution in [1.82, 2.24) is 4.31 Å². The van der Waals surface area contributed by atoms with Crippen LogP contribution in [0.25, 0.3) is 0 Å². The van der Waals surface area contributed by atoms with E-state index in [9.17, 15) is 13.2 Å². The molecule has 1 aliphatic heterocycles. The summed E-state index contributed by atoms with van der Waals surface area (Å²) in [4.78, 5) is 13.2. The standard InChI is InChI=1S/C21H27NO3S/c1-13-4-6-14(7-5-13)16-11-17(16)19(23)22-18-10-15-8-9-21(18,20(15,2)3)12-26(22,24)25/h4-7,15-18H,8-12H2,1-3H3/t15-,16-,17+,18+,21-/m0/s1. The Hall–Kier alpha value is -1.36. The lowest BCUT2D eigenvalue weighted by Crippen LogP contribution is -2.44. The van der Waals surface area contributed by atoms with Gasteiger partial charge in [-0.2, -0.15) is 0 Å². The lowest BCUT2D eigenvalue weighted by molar-refractivity contribution is -0.130. The van der Waals surface area contributed by atoms with Crippen molar-refractivity contribution in [2.24, 2.45) is 22.7 Å². The van der Waals surface area contributed by atoms with Crippen LogP contribution in [0.4, 0.5) is 0 Å². The molecule has 0 unspecified atom stereocenters. The summed E-state index contributed by atoms with van der Waals surface area (Å²) in [7, 11) is -3.49. The van der Waals surface area contributed by atoms with Crippen molar-refractivity contribution in [3.8, 4) is 0 Å². The number of carbonyl (C=O) groups excluding carboxylic acids is 1. The molecule has 4 fully saturated rings. The molecule has 3 saturated carbocycles. The number of amides is 1. The normalized spacial score (nSPS) is 41.3. The number of sulfonamides is 1. The maximum absolute atomic E-state index is 13.2. The van der Waals surface area contributed by atoms with Crippen LogP contribution in [-0.2, 0) is 14.8 Å². The molecule has 5 heteroatoms. The van der Waals surface area contributed by atoms with Crippen molar-refractivity contribution in [2.75, 3.05) is 5.75 Å². The first kappa shape index (κ1) is 16.8. The molecule has 1 spiro atoms. The molecule has 1 aromatic carbocycles. The van der Waals surface area contributed by atoms with Gasteiger partial charge in [0, 0.05) is 11.3 Å². The minimum Gasteiger partial charge on any atom is -0.273 e. The topological polar surface area (TPSA) is 54.5 Å². The number of hydrogen-bond donors (Lipinski definition) is 0. The van der Waals surface area contributed by atoms with Crippen molar-refractivity contribution in [1.29, 1.82) is 0 Å². The highest BCUT2D eigenvalue weighted by molar-refractivity contribution is 7.90. The zero-order chi connectivity index (χ0) is 18.5. The van der Waals surface area contributed by atoms with Gasteiger partial charge in [-0.3, -0.25) is 4.79 Å². The summed E-state index contributed by atoms with van der Waals surface area (Å²) < 4.78 is 27.4. The minimum absolute atomic E-state index is 0.0136. The molecule has 0 N–H and O–H groups in total. The second-order valence-electron chi connectivity index (χ2n) is 9.61.